The van der Waals surface area contributed by atoms with Gasteiger partial charge in [-0.2, -0.15) is 4.98 Å². The summed E-state index contributed by atoms with van der Waals surface area (Å²) in [5.41, 5.74) is 2.01. The predicted molar refractivity (Wildman–Crippen MR) is 101 cm³/mol. The molecule has 0 atom stereocenters. The minimum Gasteiger partial charge on any atom is -0.475 e. The lowest BCUT2D eigenvalue weighted by Gasteiger charge is -2.12. The number of hydrogen-bond donors (Lipinski definition) is 0. The molecule has 0 saturated heterocycles. The molecule has 0 fully saturated rings. The van der Waals surface area contributed by atoms with E-state index in [9.17, 15) is 8.42 Å². The van der Waals surface area contributed by atoms with E-state index in [1.807, 2.05) is 50.2 Å². The van der Waals surface area contributed by atoms with E-state index in [1.54, 1.807) is 30.3 Å². The number of sulfone groups is 1. The Bertz CT molecular complexity index is 972. The van der Waals surface area contributed by atoms with Crippen molar-refractivity contribution in [3.63, 3.8) is 0 Å². The second-order valence-electron chi connectivity index (χ2n) is 6.15. The molecule has 0 unspecified atom stereocenters. The molecule has 134 valence electrons. The van der Waals surface area contributed by atoms with E-state index < -0.39 is 9.84 Å². The summed E-state index contributed by atoms with van der Waals surface area (Å²) < 4.78 is 31.3. The molecule has 6 heteroatoms. The van der Waals surface area contributed by atoms with Gasteiger partial charge in [-0.15, -0.1) is 0 Å². The van der Waals surface area contributed by atoms with E-state index in [2.05, 4.69) is 9.97 Å². The van der Waals surface area contributed by atoms with Crippen LogP contribution in [0, 0.1) is 0 Å². The molecular weight excluding hydrogens is 348 g/mol. The highest BCUT2D eigenvalue weighted by Gasteiger charge is 2.22. The third-order valence-electron chi connectivity index (χ3n) is 3.59. The average Bonchev–Trinajstić information content (AvgIpc) is 2.62. The molecule has 0 bridgehead atoms. The van der Waals surface area contributed by atoms with Crippen molar-refractivity contribution in [2.75, 3.05) is 0 Å². The highest BCUT2D eigenvalue weighted by molar-refractivity contribution is 7.90. The van der Waals surface area contributed by atoms with Gasteiger partial charge in [0.15, 0.2) is 0 Å². The van der Waals surface area contributed by atoms with Crippen molar-refractivity contribution in [3.05, 3.63) is 72.3 Å². The maximum absolute atomic E-state index is 12.8. The Hall–Kier alpha value is -2.73. The second kappa shape index (κ2) is 7.66. The Labute approximate surface area is 153 Å². The molecule has 0 radical (unpaired) electrons. The van der Waals surface area contributed by atoms with Gasteiger partial charge in [-0.1, -0.05) is 60.7 Å². The van der Waals surface area contributed by atoms with Gasteiger partial charge >= 0.3 is 0 Å². The van der Waals surface area contributed by atoms with Crippen molar-refractivity contribution < 1.29 is 13.2 Å². The van der Waals surface area contributed by atoms with Crippen LogP contribution in [0.2, 0.25) is 0 Å². The predicted octanol–water partition coefficient (Wildman–Crippen LogP) is 3.90. The van der Waals surface area contributed by atoms with E-state index in [4.69, 9.17) is 4.74 Å². The lowest BCUT2D eigenvalue weighted by molar-refractivity contribution is 0.230. The first-order valence-electron chi connectivity index (χ1n) is 8.32. The van der Waals surface area contributed by atoms with Crippen LogP contribution in [0.4, 0.5) is 0 Å². The average molecular weight is 368 g/mol. The number of rotatable bonds is 6. The fraction of sp³-hybridized carbons (Fsp3) is 0.200. The molecule has 1 heterocycles. The summed E-state index contributed by atoms with van der Waals surface area (Å²) in [6.45, 7) is 3.73. The standard InChI is InChI=1S/C20H20N2O3S/c1-15(2)25-19-13-18(17-11-7-4-8-12-17)21-20(22-19)26(23,24)14-16-9-5-3-6-10-16/h3-13,15H,14H2,1-2H3. The highest BCUT2D eigenvalue weighted by atomic mass is 32.2. The van der Waals surface area contributed by atoms with Gasteiger partial charge in [-0.3, -0.25) is 0 Å². The molecule has 2 aromatic carbocycles. The Balaban J connectivity index is 2.05. The highest BCUT2D eigenvalue weighted by Crippen LogP contribution is 2.24. The van der Waals surface area contributed by atoms with Crippen molar-refractivity contribution in [2.45, 2.75) is 30.9 Å². The summed E-state index contributed by atoms with van der Waals surface area (Å²) in [5.74, 6) is 0.0909. The van der Waals surface area contributed by atoms with Crippen LogP contribution >= 0.6 is 0 Å². The Kier molecular flexibility index (Phi) is 5.32. The van der Waals surface area contributed by atoms with Gasteiger partial charge in [0.25, 0.3) is 5.16 Å². The first-order chi connectivity index (χ1) is 12.4. The Morgan fingerprint density at radius 3 is 2.15 bits per heavy atom. The van der Waals surface area contributed by atoms with Crippen LogP contribution in [-0.4, -0.2) is 24.5 Å². The van der Waals surface area contributed by atoms with Gasteiger partial charge in [0.05, 0.1) is 17.6 Å². The van der Waals surface area contributed by atoms with Crippen LogP contribution in [0.25, 0.3) is 11.3 Å². The van der Waals surface area contributed by atoms with Crippen LogP contribution in [0.15, 0.2) is 71.9 Å². The minimum absolute atomic E-state index is 0.127. The number of nitrogens with zero attached hydrogens (tertiary/aromatic N) is 2. The van der Waals surface area contributed by atoms with Crippen LogP contribution in [-0.2, 0) is 15.6 Å². The van der Waals surface area contributed by atoms with Gasteiger partial charge in [0.1, 0.15) is 0 Å². The maximum atomic E-state index is 12.8. The molecule has 26 heavy (non-hydrogen) atoms. The van der Waals surface area contributed by atoms with Crippen LogP contribution < -0.4 is 4.74 Å². The lowest BCUT2D eigenvalue weighted by atomic mass is 10.1. The summed E-state index contributed by atoms with van der Waals surface area (Å²) in [4.78, 5) is 8.45. The third-order valence-corrected chi connectivity index (χ3v) is 5.04. The first kappa shape index (κ1) is 18.1. The summed E-state index contributed by atoms with van der Waals surface area (Å²) in [6.07, 6.45) is -0.127. The Morgan fingerprint density at radius 2 is 1.54 bits per heavy atom. The largest absolute Gasteiger partial charge is 0.475 e. The zero-order valence-corrected chi connectivity index (χ0v) is 15.5. The van der Waals surface area contributed by atoms with Crippen molar-refractivity contribution in [3.8, 4) is 17.1 Å². The maximum Gasteiger partial charge on any atom is 0.251 e. The zero-order chi connectivity index (χ0) is 18.6. The van der Waals surface area contributed by atoms with Gasteiger partial charge in [-0.05, 0) is 19.4 Å². The molecule has 5 nitrogen and oxygen atoms in total. The molecule has 0 saturated carbocycles. The van der Waals surface area contributed by atoms with Crippen LogP contribution in [0.3, 0.4) is 0 Å². The minimum atomic E-state index is -3.70. The van der Waals surface area contributed by atoms with E-state index in [0.29, 0.717) is 11.3 Å². The van der Waals surface area contributed by atoms with E-state index in [-0.39, 0.29) is 22.9 Å². The van der Waals surface area contributed by atoms with Gasteiger partial charge in [0, 0.05) is 11.6 Å². The van der Waals surface area contributed by atoms with E-state index in [1.165, 1.54) is 0 Å². The SMILES string of the molecule is CC(C)Oc1cc(-c2ccccc2)nc(S(=O)(=O)Cc2ccccc2)n1. The molecule has 1 aromatic heterocycles. The first-order valence-corrected chi connectivity index (χ1v) is 9.97. The summed E-state index contributed by atoms with van der Waals surface area (Å²) >= 11 is 0. The van der Waals surface area contributed by atoms with Crippen molar-refractivity contribution in [1.82, 2.24) is 9.97 Å². The number of ether oxygens (including phenoxy) is 1. The van der Waals surface area contributed by atoms with E-state index >= 15 is 0 Å². The monoisotopic (exact) mass is 368 g/mol. The van der Waals surface area contributed by atoms with Crippen molar-refractivity contribution in [2.24, 2.45) is 0 Å². The quantitative estimate of drug-likeness (QED) is 0.617. The van der Waals surface area contributed by atoms with Crippen LogP contribution in [0.1, 0.15) is 19.4 Å². The molecule has 0 amide bonds. The fourth-order valence-electron chi connectivity index (χ4n) is 2.46. The van der Waals surface area contributed by atoms with Gasteiger partial charge in [0.2, 0.25) is 15.7 Å². The molecule has 0 aliphatic rings. The number of benzene rings is 2. The summed E-state index contributed by atoms with van der Waals surface area (Å²) in [7, 11) is -3.70. The van der Waals surface area contributed by atoms with Crippen molar-refractivity contribution in [1.29, 1.82) is 0 Å². The third kappa shape index (κ3) is 4.46. The smallest absolute Gasteiger partial charge is 0.251 e. The number of aromatic nitrogens is 2. The molecule has 0 N–H and O–H groups in total. The van der Waals surface area contributed by atoms with Gasteiger partial charge < -0.3 is 4.74 Å². The fourth-order valence-corrected chi connectivity index (χ4v) is 3.69. The summed E-state index contributed by atoms with van der Waals surface area (Å²) in [6, 6.07) is 20.0. The number of hydrogen-bond acceptors (Lipinski definition) is 5. The van der Waals surface area contributed by atoms with Crippen LogP contribution in [0.5, 0.6) is 5.88 Å². The second-order valence-corrected chi connectivity index (χ2v) is 8.03. The molecule has 0 spiro atoms. The van der Waals surface area contributed by atoms with Gasteiger partial charge in [-0.25, -0.2) is 13.4 Å². The summed E-state index contributed by atoms with van der Waals surface area (Å²) in [5, 5.41) is -0.224. The molecule has 0 aliphatic carbocycles. The normalized spacial score (nSPS) is 11.5. The van der Waals surface area contributed by atoms with Crippen molar-refractivity contribution >= 4 is 9.84 Å². The zero-order valence-electron chi connectivity index (χ0n) is 14.7. The molecule has 3 aromatic rings. The molecule has 0 aliphatic heterocycles. The molecular formula is C20H20N2O3S. The Morgan fingerprint density at radius 1 is 0.923 bits per heavy atom. The van der Waals surface area contributed by atoms with E-state index in [0.717, 1.165) is 5.56 Å². The topological polar surface area (TPSA) is 69.2 Å². The lowest BCUT2D eigenvalue weighted by Crippen LogP contribution is -2.13. The molecule has 3 rings (SSSR count).